The lowest BCUT2D eigenvalue weighted by atomic mass is 9.45. The molecule has 2 aromatic carbocycles. The molecule has 0 spiro atoms. The summed E-state index contributed by atoms with van der Waals surface area (Å²) in [5, 5.41) is 6.53. The molecule has 0 heterocycles. The van der Waals surface area contributed by atoms with Gasteiger partial charge in [-0.2, -0.15) is 0 Å². The van der Waals surface area contributed by atoms with E-state index in [1.807, 2.05) is 18.2 Å². The van der Waals surface area contributed by atoms with Crippen LogP contribution in [0, 0.1) is 18.8 Å². The Kier molecular flexibility index (Phi) is 4.22. The van der Waals surface area contributed by atoms with Crippen LogP contribution in [0.2, 0.25) is 0 Å². The van der Waals surface area contributed by atoms with E-state index >= 15 is 0 Å². The average Bonchev–Trinajstić information content (AvgIpc) is 2.66. The van der Waals surface area contributed by atoms with Crippen LogP contribution in [-0.4, -0.2) is 11.6 Å². The summed E-state index contributed by atoms with van der Waals surface area (Å²) in [5.41, 5.74) is 4.17. The molecule has 3 heteroatoms. The van der Waals surface area contributed by atoms with Crippen LogP contribution in [0.1, 0.15) is 55.2 Å². The van der Waals surface area contributed by atoms with Gasteiger partial charge in [0.2, 0.25) is 0 Å². The van der Waals surface area contributed by atoms with Gasteiger partial charge in [-0.3, -0.25) is 0 Å². The van der Waals surface area contributed by atoms with Crippen molar-refractivity contribution in [3.05, 3.63) is 71.3 Å². The maximum atomic E-state index is 12.8. The highest BCUT2D eigenvalue weighted by atomic mass is 16.2. The average molecular weight is 375 g/mol. The van der Waals surface area contributed by atoms with Crippen LogP contribution >= 0.6 is 0 Å². The van der Waals surface area contributed by atoms with Crippen molar-refractivity contribution in [2.75, 3.05) is 0 Å². The van der Waals surface area contributed by atoms with Gasteiger partial charge in [0, 0.05) is 12.1 Å². The Bertz CT molecular complexity index is 844. The normalized spacial score (nSPS) is 32.9. The summed E-state index contributed by atoms with van der Waals surface area (Å²) in [6.07, 6.45) is 7.33. The lowest BCUT2D eigenvalue weighted by Crippen LogP contribution is -2.65. The summed E-state index contributed by atoms with van der Waals surface area (Å²) in [6.45, 7) is 2.74. The second-order valence-electron chi connectivity index (χ2n) is 9.68. The molecule has 0 aromatic heterocycles. The van der Waals surface area contributed by atoms with Gasteiger partial charge < -0.3 is 10.6 Å². The standard InChI is InChI=1S/C25H30N2O/c1-18-7-9-22(10-8-18)24-12-20-11-21(13-24)15-25(14-20,17-24)27-23(28)26-16-19-5-3-2-4-6-19/h2-10,20-21H,11-17H2,1H3,(H2,26,27,28)/t20-,21-,24?,25?/m1/s1. The summed E-state index contributed by atoms with van der Waals surface area (Å²) in [7, 11) is 0. The third kappa shape index (κ3) is 3.21. The highest BCUT2D eigenvalue weighted by Gasteiger charge is 2.58. The van der Waals surface area contributed by atoms with E-state index < -0.39 is 0 Å². The Hall–Kier alpha value is -2.29. The first-order valence-electron chi connectivity index (χ1n) is 10.7. The summed E-state index contributed by atoms with van der Waals surface area (Å²) >= 11 is 0. The third-order valence-electron chi connectivity index (χ3n) is 7.40. The first-order chi connectivity index (χ1) is 13.5. The van der Waals surface area contributed by atoms with Crippen molar-refractivity contribution in [3.8, 4) is 0 Å². The van der Waals surface area contributed by atoms with Crippen molar-refractivity contribution in [1.82, 2.24) is 10.6 Å². The molecule has 2 amide bonds. The highest BCUT2D eigenvalue weighted by molar-refractivity contribution is 5.75. The number of carbonyl (C=O) groups excluding carboxylic acids is 1. The van der Waals surface area contributed by atoms with Crippen LogP contribution in [-0.2, 0) is 12.0 Å². The first kappa shape index (κ1) is 17.8. The van der Waals surface area contributed by atoms with E-state index in [0.29, 0.717) is 6.54 Å². The molecule has 0 unspecified atom stereocenters. The van der Waals surface area contributed by atoms with Gasteiger partial charge in [-0.05, 0) is 73.8 Å². The molecule has 4 aliphatic carbocycles. The number of nitrogens with one attached hydrogen (secondary N) is 2. The van der Waals surface area contributed by atoms with Crippen molar-refractivity contribution in [2.45, 2.75) is 62.9 Å². The molecule has 2 atom stereocenters. The number of amides is 2. The third-order valence-corrected chi connectivity index (χ3v) is 7.40. The van der Waals surface area contributed by atoms with Crippen LogP contribution in [0.3, 0.4) is 0 Å². The molecule has 0 radical (unpaired) electrons. The lowest BCUT2D eigenvalue weighted by Gasteiger charge is -2.62. The van der Waals surface area contributed by atoms with E-state index in [0.717, 1.165) is 36.7 Å². The van der Waals surface area contributed by atoms with Crippen LogP contribution in [0.5, 0.6) is 0 Å². The number of rotatable bonds is 4. The van der Waals surface area contributed by atoms with Gasteiger partial charge in [-0.15, -0.1) is 0 Å². The highest BCUT2D eigenvalue weighted by Crippen LogP contribution is 2.62. The molecule has 146 valence electrons. The summed E-state index contributed by atoms with van der Waals surface area (Å²) in [6, 6.07) is 19.3. The van der Waals surface area contributed by atoms with E-state index in [2.05, 4.69) is 54.0 Å². The molecular formula is C25H30N2O. The molecule has 3 nitrogen and oxygen atoms in total. The summed E-state index contributed by atoms with van der Waals surface area (Å²) < 4.78 is 0. The second-order valence-corrected chi connectivity index (χ2v) is 9.68. The Morgan fingerprint density at radius 2 is 1.64 bits per heavy atom. The van der Waals surface area contributed by atoms with Crippen molar-refractivity contribution in [1.29, 1.82) is 0 Å². The predicted molar refractivity (Wildman–Crippen MR) is 112 cm³/mol. The number of hydrogen-bond acceptors (Lipinski definition) is 1. The fourth-order valence-corrected chi connectivity index (χ4v) is 6.72. The molecule has 0 saturated heterocycles. The number of aryl methyl sites for hydroxylation is 1. The van der Waals surface area contributed by atoms with Gasteiger partial charge in [-0.1, -0.05) is 60.2 Å². The SMILES string of the molecule is Cc1ccc(C23C[C@H]4C[C@@H](CC(NC(=O)NCc5ccccc5)(C4)C2)C3)cc1. The molecule has 4 aliphatic rings. The van der Waals surface area contributed by atoms with Gasteiger partial charge in [-0.25, -0.2) is 4.79 Å². The molecule has 2 N–H and O–H groups in total. The quantitative estimate of drug-likeness (QED) is 0.769. The van der Waals surface area contributed by atoms with Crippen LogP contribution < -0.4 is 10.6 Å². The minimum atomic E-state index is -0.0320. The zero-order valence-corrected chi connectivity index (χ0v) is 16.7. The van der Waals surface area contributed by atoms with Gasteiger partial charge in [0.1, 0.15) is 0 Å². The summed E-state index contributed by atoms with van der Waals surface area (Å²) in [4.78, 5) is 12.8. The number of urea groups is 1. The number of carbonyl (C=O) groups is 1. The number of benzene rings is 2. The van der Waals surface area contributed by atoms with E-state index in [1.54, 1.807) is 0 Å². The van der Waals surface area contributed by atoms with Gasteiger partial charge in [0.15, 0.2) is 0 Å². The summed E-state index contributed by atoms with van der Waals surface area (Å²) in [5.74, 6) is 1.49. The molecule has 28 heavy (non-hydrogen) atoms. The van der Waals surface area contributed by atoms with E-state index in [4.69, 9.17) is 0 Å². The van der Waals surface area contributed by atoms with Crippen LogP contribution in [0.15, 0.2) is 54.6 Å². The Labute approximate surface area is 167 Å². The fraction of sp³-hybridized carbons (Fsp3) is 0.480. The van der Waals surface area contributed by atoms with Crippen molar-refractivity contribution in [2.24, 2.45) is 11.8 Å². The molecule has 2 aromatic rings. The minimum Gasteiger partial charge on any atom is -0.334 e. The van der Waals surface area contributed by atoms with Crippen molar-refractivity contribution < 1.29 is 4.79 Å². The number of hydrogen-bond donors (Lipinski definition) is 2. The van der Waals surface area contributed by atoms with Crippen molar-refractivity contribution in [3.63, 3.8) is 0 Å². The van der Waals surface area contributed by atoms with Gasteiger partial charge in [0.25, 0.3) is 0 Å². The topological polar surface area (TPSA) is 41.1 Å². The van der Waals surface area contributed by atoms with Gasteiger partial charge in [0.05, 0.1) is 0 Å². The zero-order chi connectivity index (χ0) is 19.2. The second kappa shape index (κ2) is 6.65. The Balaban J connectivity index is 1.33. The van der Waals surface area contributed by atoms with E-state index in [9.17, 15) is 4.79 Å². The monoisotopic (exact) mass is 374 g/mol. The van der Waals surface area contributed by atoms with E-state index in [1.165, 1.54) is 30.4 Å². The molecule has 4 saturated carbocycles. The molecular weight excluding hydrogens is 344 g/mol. The zero-order valence-electron chi connectivity index (χ0n) is 16.7. The molecule has 0 aliphatic heterocycles. The van der Waals surface area contributed by atoms with Gasteiger partial charge >= 0.3 is 6.03 Å². The maximum absolute atomic E-state index is 12.8. The molecule has 4 fully saturated rings. The smallest absolute Gasteiger partial charge is 0.315 e. The Morgan fingerprint density at radius 1 is 0.964 bits per heavy atom. The van der Waals surface area contributed by atoms with Crippen LogP contribution in [0.4, 0.5) is 4.79 Å². The van der Waals surface area contributed by atoms with Crippen molar-refractivity contribution >= 4 is 6.03 Å². The fourth-order valence-electron chi connectivity index (χ4n) is 6.72. The predicted octanol–water partition coefficient (Wildman–Crippen LogP) is 5.08. The minimum absolute atomic E-state index is 0.00939. The maximum Gasteiger partial charge on any atom is 0.315 e. The first-order valence-corrected chi connectivity index (χ1v) is 10.7. The molecule has 4 bridgehead atoms. The largest absolute Gasteiger partial charge is 0.334 e. The molecule has 6 rings (SSSR count). The van der Waals surface area contributed by atoms with E-state index in [-0.39, 0.29) is 17.0 Å². The Morgan fingerprint density at radius 3 is 2.32 bits per heavy atom. The lowest BCUT2D eigenvalue weighted by molar-refractivity contribution is -0.0350. The van der Waals surface area contributed by atoms with Crippen LogP contribution in [0.25, 0.3) is 0 Å².